The summed E-state index contributed by atoms with van der Waals surface area (Å²) in [4.78, 5) is 13.3. The van der Waals surface area contributed by atoms with Crippen molar-refractivity contribution in [1.29, 1.82) is 0 Å². The smallest absolute Gasteiger partial charge is 0.221 e. The number of benzene rings is 1. The largest absolute Gasteiger partial charge is 0.492 e. The van der Waals surface area contributed by atoms with Gasteiger partial charge in [0.15, 0.2) is 0 Å². The van der Waals surface area contributed by atoms with E-state index in [1.165, 1.54) is 19.8 Å². The Bertz CT molecular complexity index is 384. The van der Waals surface area contributed by atoms with Crippen molar-refractivity contribution < 1.29 is 9.53 Å². The van der Waals surface area contributed by atoms with Crippen LogP contribution in [0.4, 0.5) is 5.69 Å². The maximum Gasteiger partial charge on any atom is 0.221 e. The average molecular weight is 278 g/mol. The summed E-state index contributed by atoms with van der Waals surface area (Å²) in [6, 6.07) is 7.48. The van der Waals surface area contributed by atoms with Gasteiger partial charge in [0.2, 0.25) is 5.91 Å². The average Bonchev–Trinajstić information content (AvgIpc) is 2.40. The normalized spacial score (nSPS) is 10.6. The molecular formula is C16H26N2O2. The molecule has 4 nitrogen and oxygen atoms in total. The van der Waals surface area contributed by atoms with Gasteiger partial charge < -0.3 is 10.1 Å². The Labute approximate surface area is 122 Å². The summed E-state index contributed by atoms with van der Waals surface area (Å²) in [5.74, 6) is 0.778. The van der Waals surface area contributed by atoms with Crippen LogP contribution in [0.1, 0.15) is 33.6 Å². The molecule has 0 saturated carbocycles. The minimum atomic E-state index is -0.0616. The molecule has 0 aliphatic carbocycles. The quantitative estimate of drug-likeness (QED) is 0.754. The maximum absolute atomic E-state index is 10.9. The molecule has 112 valence electrons. The van der Waals surface area contributed by atoms with E-state index >= 15 is 0 Å². The van der Waals surface area contributed by atoms with Crippen LogP contribution < -0.4 is 10.1 Å². The Balaban J connectivity index is 2.35. The first kappa shape index (κ1) is 16.5. The first-order valence-electron chi connectivity index (χ1n) is 7.38. The number of nitrogens with one attached hydrogen (secondary N) is 1. The Kier molecular flexibility index (Phi) is 7.73. The molecule has 0 heterocycles. The highest BCUT2D eigenvalue weighted by atomic mass is 16.5. The van der Waals surface area contributed by atoms with Gasteiger partial charge in [-0.3, -0.25) is 9.69 Å². The number of amides is 1. The number of rotatable bonds is 9. The van der Waals surface area contributed by atoms with Crippen LogP contribution in [0.2, 0.25) is 0 Å². The molecule has 0 radical (unpaired) electrons. The zero-order valence-electron chi connectivity index (χ0n) is 12.8. The lowest BCUT2D eigenvalue weighted by Gasteiger charge is -2.20. The molecule has 1 N–H and O–H groups in total. The summed E-state index contributed by atoms with van der Waals surface area (Å²) in [7, 11) is 0. The van der Waals surface area contributed by atoms with Gasteiger partial charge in [-0.1, -0.05) is 13.8 Å². The Morgan fingerprint density at radius 1 is 1.10 bits per heavy atom. The monoisotopic (exact) mass is 278 g/mol. The van der Waals surface area contributed by atoms with Gasteiger partial charge in [-0.15, -0.1) is 0 Å². The van der Waals surface area contributed by atoms with E-state index in [-0.39, 0.29) is 5.91 Å². The number of anilines is 1. The second kappa shape index (κ2) is 9.37. The fraction of sp³-hybridized carbons (Fsp3) is 0.562. The van der Waals surface area contributed by atoms with E-state index in [4.69, 9.17) is 4.74 Å². The van der Waals surface area contributed by atoms with Crippen molar-refractivity contribution in [2.75, 3.05) is 31.6 Å². The molecule has 0 fully saturated rings. The van der Waals surface area contributed by atoms with Crippen LogP contribution in [0.5, 0.6) is 5.75 Å². The summed E-state index contributed by atoms with van der Waals surface area (Å²) in [6.07, 6.45) is 2.34. The molecule has 1 aromatic rings. The summed E-state index contributed by atoms with van der Waals surface area (Å²) in [6.45, 7) is 9.79. The predicted octanol–water partition coefficient (Wildman–Crippen LogP) is 3.15. The van der Waals surface area contributed by atoms with Gasteiger partial charge in [0.1, 0.15) is 12.4 Å². The third-order valence-electron chi connectivity index (χ3n) is 2.93. The van der Waals surface area contributed by atoms with Crippen molar-refractivity contribution in [3.8, 4) is 5.75 Å². The minimum Gasteiger partial charge on any atom is -0.492 e. The molecule has 0 atom stereocenters. The van der Waals surface area contributed by atoms with E-state index < -0.39 is 0 Å². The first-order chi connectivity index (χ1) is 9.65. The van der Waals surface area contributed by atoms with Gasteiger partial charge in [0.05, 0.1) is 0 Å². The number of carbonyl (C=O) groups excluding carboxylic acids is 1. The van der Waals surface area contributed by atoms with E-state index in [1.807, 2.05) is 24.3 Å². The molecule has 0 aliphatic heterocycles. The zero-order valence-corrected chi connectivity index (χ0v) is 12.8. The highest BCUT2D eigenvalue weighted by Gasteiger charge is 2.03. The molecule has 1 amide bonds. The molecular weight excluding hydrogens is 252 g/mol. The van der Waals surface area contributed by atoms with E-state index in [0.717, 1.165) is 31.1 Å². The fourth-order valence-electron chi connectivity index (χ4n) is 2.10. The Morgan fingerprint density at radius 3 is 2.20 bits per heavy atom. The summed E-state index contributed by atoms with van der Waals surface area (Å²) >= 11 is 0. The van der Waals surface area contributed by atoms with Crippen molar-refractivity contribution in [2.45, 2.75) is 33.6 Å². The molecule has 0 aliphatic rings. The summed E-state index contributed by atoms with van der Waals surface area (Å²) in [5, 5.41) is 2.74. The third kappa shape index (κ3) is 6.57. The SMILES string of the molecule is CCCN(CCC)CCOc1ccc(NC(C)=O)cc1. The number of hydrogen-bond acceptors (Lipinski definition) is 3. The topological polar surface area (TPSA) is 41.6 Å². The van der Waals surface area contributed by atoms with E-state index in [2.05, 4.69) is 24.1 Å². The molecule has 4 heteroatoms. The minimum absolute atomic E-state index is 0.0616. The summed E-state index contributed by atoms with van der Waals surface area (Å²) < 4.78 is 5.73. The molecule has 1 rings (SSSR count). The summed E-state index contributed by atoms with van der Waals surface area (Å²) in [5.41, 5.74) is 0.795. The Hall–Kier alpha value is -1.55. The van der Waals surface area contributed by atoms with Gasteiger partial charge in [-0.25, -0.2) is 0 Å². The van der Waals surface area contributed by atoms with Crippen molar-refractivity contribution >= 4 is 11.6 Å². The number of ether oxygens (including phenoxy) is 1. The second-order valence-corrected chi connectivity index (χ2v) is 4.90. The first-order valence-corrected chi connectivity index (χ1v) is 7.38. The molecule has 0 unspecified atom stereocenters. The Morgan fingerprint density at radius 2 is 1.70 bits per heavy atom. The molecule has 0 saturated heterocycles. The number of hydrogen-bond donors (Lipinski definition) is 1. The van der Waals surface area contributed by atoms with E-state index in [1.54, 1.807) is 0 Å². The fourth-order valence-corrected chi connectivity index (χ4v) is 2.10. The molecule has 1 aromatic carbocycles. The van der Waals surface area contributed by atoms with Gasteiger partial charge in [0.25, 0.3) is 0 Å². The van der Waals surface area contributed by atoms with Gasteiger partial charge in [-0.2, -0.15) is 0 Å². The van der Waals surface area contributed by atoms with E-state index in [9.17, 15) is 4.79 Å². The molecule has 0 spiro atoms. The maximum atomic E-state index is 10.9. The van der Waals surface area contributed by atoms with Crippen LogP contribution in [0.3, 0.4) is 0 Å². The highest BCUT2D eigenvalue weighted by molar-refractivity contribution is 5.88. The lowest BCUT2D eigenvalue weighted by atomic mass is 10.3. The van der Waals surface area contributed by atoms with Crippen molar-refractivity contribution in [3.05, 3.63) is 24.3 Å². The molecule has 0 aromatic heterocycles. The molecule has 20 heavy (non-hydrogen) atoms. The highest BCUT2D eigenvalue weighted by Crippen LogP contribution is 2.15. The van der Waals surface area contributed by atoms with Crippen LogP contribution in [0.15, 0.2) is 24.3 Å². The van der Waals surface area contributed by atoms with E-state index in [0.29, 0.717) is 6.61 Å². The van der Waals surface area contributed by atoms with Crippen molar-refractivity contribution in [1.82, 2.24) is 4.90 Å². The van der Waals surface area contributed by atoms with Crippen LogP contribution in [0, 0.1) is 0 Å². The van der Waals surface area contributed by atoms with Crippen LogP contribution in [-0.4, -0.2) is 37.0 Å². The predicted molar refractivity (Wildman–Crippen MR) is 83.3 cm³/mol. The van der Waals surface area contributed by atoms with Gasteiger partial charge in [0, 0.05) is 19.2 Å². The number of nitrogens with zero attached hydrogens (tertiary/aromatic N) is 1. The van der Waals surface area contributed by atoms with Crippen LogP contribution in [-0.2, 0) is 4.79 Å². The van der Waals surface area contributed by atoms with Crippen LogP contribution >= 0.6 is 0 Å². The number of carbonyl (C=O) groups is 1. The van der Waals surface area contributed by atoms with Crippen molar-refractivity contribution in [2.24, 2.45) is 0 Å². The second-order valence-electron chi connectivity index (χ2n) is 4.90. The van der Waals surface area contributed by atoms with Crippen LogP contribution in [0.25, 0.3) is 0 Å². The lowest BCUT2D eigenvalue weighted by molar-refractivity contribution is -0.114. The standard InChI is InChI=1S/C16H26N2O2/c1-4-10-18(11-5-2)12-13-20-16-8-6-15(7-9-16)17-14(3)19/h6-9H,4-5,10-13H2,1-3H3,(H,17,19). The lowest BCUT2D eigenvalue weighted by Crippen LogP contribution is -2.30. The molecule has 0 bridgehead atoms. The third-order valence-corrected chi connectivity index (χ3v) is 2.93. The zero-order chi connectivity index (χ0) is 14.8. The van der Waals surface area contributed by atoms with Gasteiger partial charge >= 0.3 is 0 Å². The van der Waals surface area contributed by atoms with Gasteiger partial charge in [-0.05, 0) is 50.2 Å². The van der Waals surface area contributed by atoms with Crippen molar-refractivity contribution in [3.63, 3.8) is 0 Å².